The Hall–Kier alpha value is -2.62. The maximum absolute atomic E-state index is 13.2. The van der Waals surface area contributed by atoms with Gasteiger partial charge < -0.3 is 15.0 Å². The summed E-state index contributed by atoms with van der Waals surface area (Å²) in [5, 5.41) is 3.12. The zero-order chi connectivity index (χ0) is 21.7. The first kappa shape index (κ1) is 21.6. The lowest BCUT2D eigenvalue weighted by Crippen LogP contribution is -2.32. The second-order valence-electron chi connectivity index (χ2n) is 7.13. The smallest absolute Gasteiger partial charge is 0.230 e. The molecule has 31 heavy (non-hydrogen) atoms. The quantitative estimate of drug-likeness (QED) is 0.504. The minimum absolute atomic E-state index is 0.00511. The van der Waals surface area contributed by atoms with Crippen LogP contribution in [0.2, 0.25) is 0 Å². The normalized spacial score (nSPS) is 16.3. The van der Waals surface area contributed by atoms with Crippen LogP contribution >= 0.6 is 11.8 Å². The maximum Gasteiger partial charge on any atom is 0.230 e. The molecule has 0 spiro atoms. The Kier molecular flexibility index (Phi) is 6.74. The zero-order valence-corrected chi connectivity index (χ0v) is 18.4. The van der Waals surface area contributed by atoms with Crippen LogP contribution < -0.4 is 5.32 Å². The van der Waals surface area contributed by atoms with Crippen molar-refractivity contribution in [3.8, 4) is 11.4 Å². The first-order valence-corrected chi connectivity index (χ1v) is 12.5. The Labute approximate surface area is 185 Å². The van der Waals surface area contributed by atoms with E-state index in [4.69, 9.17) is 4.74 Å². The van der Waals surface area contributed by atoms with E-state index in [-0.39, 0.29) is 32.7 Å². The highest BCUT2D eigenvalue weighted by molar-refractivity contribution is 8.00. The third-order valence-corrected chi connectivity index (χ3v) is 7.73. The summed E-state index contributed by atoms with van der Waals surface area (Å²) in [5.74, 6) is 0.313. The molecule has 1 saturated heterocycles. The zero-order valence-electron chi connectivity index (χ0n) is 16.8. The molecule has 1 aromatic heterocycles. The summed E-state index contributed by atoms with van der Waals surface area (Å²) in [6, 6.07) is 17.5. The lowest BCUT2D eigenvalue weighted by molar-refractivity contribution is -0.119. The molecule has 9 heteroatoms. The van der Waals surface area contributed by atoms with Gasteiger partial charge in [0.05, 0.1) is 16.8 Å². The number of hydrogen-bond acceptors (Lipinski definition) is 6. The van der Waals surface area contributed by atoms with Gasteiger partial charge in [-0.1, -0.05) is 60.3 Å². The van der Waals surface area contributed by atoms with Gasteiger partial charge in [-0.15, -0.1) is 0 Å². The molecule has 0 radical (unpaired) electrons. The van der Waals surface area contributed by atoms with Crippen LogP contribution in [0, 0.1) is 0 Å². The number of hydrogen-bond donors (Lipinski definition) is 2. The van der Waals surface area contributed by atoms with Gasteiger partial charge >= 0.3 is 0 Å². The predicted octanol–water partition coefficient (Wildman–Crippen LogP) is 3.30. The van der Waals surface area contributed by atoms with Gasteiger partial charge in [-0.25, -0.2) is 13.4 Å². The van der Waals surface area contributed by atoms with Gasteiger partial charge in [0.15, 0.2) is 5.03 Å². The number of amides is 1. The second-order valence-corrected chi connectivity index (χ2v) is 9.98. The van der Waals surface area contributed by atoms with Crippen LogP contribution in [0.15, 0.2) is 75.6 Å². The highest BCUT2D eigenvalue weighted by atomic mass is 32.2. The Morgan fingerprint density at radius 2 is 1.84 bits per heavy atom. The van der Waals surface area contributed by atoms with E-state index in [2.05, 4.69) is 15.3 Å². The molecule has 0 bridgehead atoms. The number of thioether (sulfide) groups is 1. The first-order chi connectivity index (χ1) is 15.0. The molecule has 7 nitrogen and oxygen atoms in total. The molecular formula is C22H23N3O4S2. The number of benzene rings is 2. The van der Waals surface area contributed by atoms with Crippen LogP contribution in [0.25, 0.3) is 11.4 Å². The van der Waals surface area contributed by atoms with Crippen molar-refractivity contribution < 1.29 is 17.9 Å². The molecule has 162 valence electrons. The number of nitrogens with zero attached hydrogens (tertiary/aromatic N) is 1. The van der Waals surface area contributed by atoms with Crippen molar-refractivity contribution in [2.24, 2.45) is 0 Å². The van der Waals surface area contributed by atoms with Crippen molar-refractivity contribution in [1.29, 1.82) is 0 Å². The number of H-pyrrole nitrogens is 1. The van der Waals surface area contributed by atoms with Gasteiger partial charge in [0, 0.05) is 18.7 Å². The van der Waals surface area contributed by atoms with Gasteiger partial charge in [-0.2, -0.15) is 0 Å². The standard InChI is InChI=1S/C22H23N3O4S2/c26-19(23-14-17-10-7-13-29-17)15-30-21-22(31(27,28)18-11-5-2-6-12-18)25-20(24-21)16-8-3-1-4-9-16/h1-6,8-9,11-12,17H,7,10,13-15H2,(H,23,26)(H,24,25)/t17-/m1/s1. The molecule has 0 unspecified atom stereocenters. The average molecular weight is 458 g/mol. The monoisotopic (exact) mass is 457 g/mol. The number of aromatic amines is 1. The molecule has 0 saturated carbocycles. The average Bonchev–Trinajstić information content (AvgIpc) is 3.48. The number of carbonyl (C=O) groups is 1. The maximum atomic E-state index is 13.2. The third-order valence-electron chi connectivity index (χ3n) is 4.90. The van der Waals surface area contributed by atoms with E-state index in [9.17, 15) is 13.2 Å². The lowest BCUT2D eigenvalue weighted by Gasteiger charge is -2.10. The molecule has 1 atom stereocenters. The summed E-state index contributed by atoms with van der Waals surface area (Å²) in [6.07, 6.45) is 2.00. The van der Waals surface area contributed by atoms with E-state index in [1.807, 2.05) is 30.3 Å². The molecule has 1 fully saturated rings. The van der Waals surface area contributed by atoms with Gasteiger partial charge in [0.2, 0.25) is 15.7 Å². The van der Waals surface area contributed by atoms with Gasteiger partial charge in [-0.05, 0) is 25.0 Å². The van der Waals surface area contributed by atoms with E-state index in [0.717, 1.165) is 36.8 Å². The SMILES string of the molecule is O=C(CSc1nc(-c2ccccc2)[nH]c1S(=O)(=O)c1ccccc1)NC[C@H]1CCCO1. The highest BCUT2D eigenvalue weighted by Gasteiger charge is 2.27. The Morgan fingerprint density at radius 1 is 1.13 bits per heavy atom. The number of nitrogens with one attached hydrogen (secondary N) is 2. The van der Waals surface area contributed by atoms with E-state index in [0.29, 0.717) is 12.4 Å². The van der Waals surface area contributed by atoms with E-state index in [1.54, 1.807) is 30.3 Å². The minimum Gasteiger partial charge on any atom is -0.376 e. The predicted molar refractivity (Wildman–Crippen MR) is 119 cm³/mol. The molecular weight excluding hydrogens is 434 g/mol. The largest absolute Gasteiger partial charge is 0.376 e. The van der Waals surface area contributed by atoms with Crippen molar-refractivity contribution in [2.75, 3.05) is 18.9 Å². The van der Waals surface area contributed by atoms with Crippen molar-refractivity contribution >= 4 is 27.5 Å². The van der Waals surface area contributed by atoms with Crippen LogP contribution in [-0.2, 0) is 19.4 Å². The fraction of sp³-hybridized carbons (Fsp3) is 0.273. The summed E-state index contributed by atoms with van der Waals surface area (Å²) >= 11 is 1.10. The fourth-order valence-electron chi connectivity index (χ4n) is 3.29. The van der Waals surface area contributed by atoms with Crippen molar-refractivity contribution in [1.82, 2.24) is 15.3 Å². The van der Waals surface area contributed by atoms with E-state index >= 15 is 0 Å². The van der Waals surface area contributed by atoms with Crippen LogP contribution in [0.1, 0.15) is 12.8 Å². The number of sulfone groups is 1. The van der Waals surface area contributed by atoms with Gasteiger partial charge in [-0.3, -0.25) is 4.79 Å². The first-order valence-electron chi connectivity index (χ1n) is 10.0. The van der Waals surface area contributed by atoms with E-state index in [1.165, 1.54) is 0 Å². The van der Waals surface area contributed by atoms with Crippen molar-refractivity contribution in [3.63, 3.8) is 0 Å². The lowest BCUT2D eigenvalue weighted by atomic mass is 10.2. The van der Waals surface area contributed by atoms with Crippen LogP contribution in [0.5, 0.6) is 0 Å². The molecule has 1 aliphatic rings. The molecule has 1 aliphatic heterocycles. The number of carbonyl (C=O) groups excluding carboxylic acids is 1. The molecule has 4 rings (SSSR count). The second kappa shape index (κ2) is 9.67. The highest BCUT2D eigenvalue weighted by Crippen LogP contribution is 2.31. The molecule has 2 aromatic carbocycles. The third kappa shape index (κ3) is 5.17. The molecule has 0 aliphatic carbocycles. The molecule has 3 aromatic rings. The Bertz CT molecular complexity index is 1130. The van der Waals surface area contributed by atoms with E-state index < -0.39 is 9.84 Å². The van der Waals surface area contributed by atoms with Crippen LogP contribution in [0.4, 0.5) is 0 Å². The van der Waals surface area contributed by atoms with Gasteiger partial charge in [0.1, 0.15) is 10.9 Å². The topological polar surface area (TPSA) is 101 Å². The number of rotatable bonds is 8. The summed E-state index contributed by atoms with van der Waals surface area (Å²) in [7, 11) is -3.82. The van der Waals surface area contributed by atoms with Crippen LogP contribution in [0.3, 0.4) is 0 Å². The summed E-state index contributed by atoms with van der Waals surface area (Å²) in [6.45, 7) is 1.19. The minimum atomic E-state index is -3.82. The van der Waals surface area contributed by atoms with Crippen molar-refractivity contribution in [2.45, 2.75) is 33.9 Å². The summed E-state index contributed by atoms with van der Waals surface area (Å²) in [5.41, 5.74) is 0.765. The van der Waals surface area contributed by atoms with Gasteiger partial charge in [0.25, 0.3) is 0 Å². The number of imidazole rings is 1. The Morgan fingerprint density at radius 3 is 2.52 bits per heavy atom. The van der Waals surface area contributed by atoms with Crippen molar-refractivity contribution in [3.05, 3.63) is 60.7 Å². The fourth-order valence-corrected chi connectivity index (χ4v) is 5.76. The molecule has 2 N–H and O–H groups in total. The number of aromatic nitrogens is 2. The number of ether oxygens (including phenoxy) is 1. The molecule has 1 amide bonds. The Balaban J connectivity index is 1.56. The summed E-state index contributed by atoms with van der Waals surface area (Å²) in [4.78, 5) is 19.9. The van der Waals surface area contributed by atoms with Crippen LogP contribution in [-0.4, -0.2) is 49.3 Å². The molecule has 2 heterocycles. The summed E-state index contributed by atoms with van der Waals surface area (Å²) < 4.78 is 32.0.